The molecule has 0 radical (unpaired) electrons. The largest absolute Gasteiger partial charge is 0.393 e. The Balaban J connectivity index is 1.88. The molecule has 2 unspecified atom stereocenters. The molecule has 0 aromatic heterocycles. The molecular formula is C14H20OS. The molecule has 1 aliphatic carbocycles. The minimum Gasteiger partial charge on any atom is -0.393 e. The highest BCUT2D eigenvalue weighted by molar-refractivity contribution is 8.00. The third-order valence-electron chi connectivity index (χ3n) is 3.18. The van der Waals surface area contributed by atoms with Gasteiger partial charge in [0.25, 0.3) is 0 Å². The summed E-state index contributed by atoms with van der Waals surface area (Å²) in [7, 11) is 0. The van der Waals surface area contributed by atoms with Gasteiger partial charge in [-0.2, -0.15) is 0 Å². The van der Waals surface area contributed by atoms with Gasteiger partial charge >= 0.3 is 0 Å². The van der Waals surface area contributed by atoms with Crippen molar-refractivity contribution in [2.24, 2.45) is 0 Å². The predicted molar refractivity (Wildman–Crippen MR) is 69.8 cm³/mol. The van der Waals surface area contributed by atoms with E-state index in [4.69, 9.17) is 0 Å². The SMILES string of the molecule is OC1CCCCC(Sc2ccccc2)CC1. The molecule has 0 spiro atoms. The van der Waals surface area contributed by atoms with Crippen molar-refractivity contribution < 1.29 is 5.11 Å². The highest BCUT2D eigenvalue weighted by atomic mass is 32.2. The minimum atomic E-state index is -0.0563. The molecule has 0 bridgehead atoms. The molecule has 1 fully saturated rings. The number of thioether (sulfide) groups is 1. The van der Waals surface area contributed by atoms with Gasteiger partial charge in [-0.05, 0) is 37.8 Å². The predicted octanol–water partition coefficient (Wildman–Crippen LogP) is 3.86. The summed E-state index contributed by atoms with van der Waals surface area (Å²) in [5, 5.41) is 10.4. The molecule has 1 saturated carbocycles. The van der Waals surface area contributed by atoms with Crippen molar-refractivity contribution in [1.82, 2.24) is 0 Å². The Bertz CT molecular complexity index is 299. The molecule has 2 rings (SSSR count). The molecule has 16 heavy (non-hydrogen) atoms. The first-order valence-corrected chi connectivity index (χ1v) is 7.12. The lowest BCUT2D eigenvalue weighted by molar-refractivity contribution is 0.142. The van der Waals surface area contributed by atoms with Crippen LogP contribution < -0.4 is 0 Å². The average molecular weight is 236 g/mol. The summed E-state index contributed by atoms with van der Waals surface area (Å²) in [4.78, 5) is 1.36. The van der Waals surface area contributed by atoms with Gasteiger partial charge in [0.1, 0.15) is 0 Å². The Morgan fingerprint density at radius 1 is 0.938 bits per heavy atom. The van der Waals surface area contributed by atoms with Crippen LogP contribution in [-0.4, -0.2) is 16.5 Å². The summed E-state index contributed by atoms with van der Waals surface area (Å²) < 4.78 is 0. The molecule has 2 atom stereocenters. The Hall–Kier alpha value is -0.470. The Labute approximate surface area is 102 Å². The molecular weight excluding hydrogens is 216 g/mol. The minimum absolute atomic E-state index is 0.0563. The first-order chi connectivity index (χ1) is 7.84. The number of benzene rings is 1. The van der Waals surface area contributed by atoms with E-state index >= 15 is 0 Å². The first-order valence-electron chi connectivity index (χ1n) is 6.24. The molecule has 0 saturated heterocycles. The zero-order valence-corrected chi connectivity index (χ0v) is 10.5. The number of rotatable bonds is 2. The van der Waals surface area contributed by atoms with E-state index in [1.165, 1.54) is 24.2 Å². The zero-order chi connectivity index (χ0) is 11.2. The standard InChI is InChI=1S/C14H20OS/c15-12-6-4-5-9-14(11-10-12)16-13-7-2-1-3-8-13/h1-3,7-8,12,14-15H,4-6,9-11H2. The van der Waals surface area contributed by atoms with Gasteiger partial charge in [-0.25, -0.2) is 0 Å². The first kappa shape index (κ1) is 12.0. The molecule has 1 nitrogen and oxygen atoms in total. The van der Waals surface area contributed by atoms with Crippen LogP contribution in [0.1, 0.15) is 38.5 Å². The van der Waals surface area contributed by atoms with E-state index in [-0.39, 0.29) is 6.10 Å². The Morgan fingerprint density at radius 3 is 2.50 bits per heavy atom. The lowest BCUT2D eigenvalue weighted by atomic mass is 9.98. The maximum absolute atomic E-state index is 9.69. The quantitative estimate of drug-likeness (QED) is 0.841. The fourth-order valence-corrected chi connectivity index (χ4v) is 3.47. The zero-order valence-electron chi connectivity index (χ0n) is 9.64. The van der Waals surface area contributed by atoms with Gasteiger partial charge in [-0.1, -0.05) is 31.0 Å². The van der Waals surface area contributed by atoms with E-state index in [9.17, 15) is 5.11 Å². The molecule has 2 heteroatoms. The van der Waals surface area contributed by atoms with Gasteiger partial charge < -0.3 is 5.11 Å². The van der Waals surface area contributed by atoms with E-state index in [1.54, 1.807) is 0 Å². The molecule has 0 amide bonds. The molecule has 1 N–H and O–H groups in total. The van der Waals surface area contributed by atoms with Crippen molar-refractivity contribution >= 4 is 11.8 Å². The van der Waals surface area contributed by atoms with Crippen LogP contribution in [0.25, 0.3) is 0 Å². The Kier molecular flexibility index (Phi) is 4.73. The van der Waals surface area contributed by atoms with E-state index < -0.39 is 0 Å². The molecule has 1 aromatic carbocycles. The van der Waals surface area contributed by atoms with Crippen LogP contribution in [0.2, 0.25) is 0 Å². The van der Waals surface area contributed by atoms with Crippen LogP contribution in [0, 0.1) is 0 Å². The van der Waals surface area contributed by atoms with Crippen molar-refractivity contribution in [3.63, 3.8) is 0 Å². The molecule has 88 valence electrons. The maximum Gasteiger partial charge on any atom is 0.0540 e. The van der Waals surface area contributed by atoms with Gasteiger partial charge in [0, 0.05) is 10.1 Å². The van der Waals surface area contributed by atoms with Crippen LogP contribution in [0.3, 0.4) is 0 Å². The van der Waals surface area contributed by atoms with Gasteiger partial charge in [0.15, 0.2) is 0 Å². The van der Waals surface area contributed by atoms with Crippen molar-refractivity contribution in [1.29, 1.82) is 0 Å². The molecule has 1 aromatic rings. The third-order valence-corrected chi connectivity index (χ3v) is 4.53. The van der Waals surface area contributed by atoms with Gasteiger partial charge in [-0.15, -0.1) is 11.8 Å². The van der Waals surface area contributed by atoms with E-state index in [0.29, 0.717) is 5.25 Å². The normalized spacial score (nSPS) is 27.1. The van der Waals surface area contributed by atoms with E-state index in [2.05, 4.69) is 30.3 Å². The van der Waals surface area contributed by atoms with Crippen LogP contribution in [0.5, 0.6) is 0 Å². The second-order valence-electron chi connectivity index (χ2n) is 4.57. The fraction of sp³-hybridized carbons (Fsp3) is 0.571. The highest BCUT2D eigenvalue weighted by Gasteiger charge is 2.16. The fourth-order valence-electron chi connectivity index (χ4n) is 2.23. The van der Waals surface area contributed by atoms with Crippen molar-refractivity contribution in [2.45, 2.75) is 54.8 Å². The second kappa shape index (κ2) is 6.31. The summed E-state index contributed by atoms with van der Waals surface area (Å²) >= 11 is 1.98. The monoisotopic (exact) mass is 236 g/mol. The topological polar surface area (TPSA) is 20.2 Å². The van der Waals surface area contributed by atoms with Gasteiger partial charge in [0.2, 0.25) is 0 Å². The molecule has 0 aliphatic heterocycles. The summed E-state index contributed by atoms with van der Waals surface area (Å²) in [6, 6.07) is 10.6. The smallest absolute Gasteiger partial charge is 0.0540 e. The van der Waals surface area contributed by atoms with Crippen LogP contribution in [0.15, 0.2) is 35.2 Å². The lowest BCUT2D eigenvalue weighted by Gasteiger charge is -2.21. The summed E-state index contributed by atoms with van der Waals surface area (Å²) in [5.41, 5.74) is 0. The van der Waals surface area contributed by atoms with Crippen LogP contribution >= 0.6 is 11.8 Å². The summed E-state index contributed by atoms with van der Waals surface area (Å²) in [6.07, 6.45) is 6.83. The van der Waals surface area contributed by atoms with Crippen molar-refractivity contribution in [3.05, 3.63) is 30.3 Å². The van der Waals surface area contributed by atoms with Gasteiger partial charge in [-0.3, -0.25) is 0 Å². The number of hydrogen-bond donors (Lipinski definition) is 1. The average Bonchev–Trinajstić information content (AvgIpc) is 2.30. The van der Waals surface area contributed by atoms with Crippen LogP contribution in [0.4, 0.5) is 0 Å². The van der Waals surface area contributed by atoms with Gasteiger partial charge in [0.05, 0.1) is 6.10 Å². The highest BCUT2D eigenvalue weighted by Crippen LogP contribution is 2.32. The van der Waals surface area contributed by atoms with E-state index in [1.807, 2.05) is 11.8 Å². The summed E-state index contributed by atoms with van der Waals surface area (Å²) in [5.74, 6) is 0. The summed E-state index contributed by atoms with van der Waals surface area (Å²) in [6.45, 7) is 0. The molecule has 1 aliphatic rings. The maximum atomic E-state index is 9.69. The van der Waals surface area contributed by atoms with Crippen molar-refractivity contribution in [2.75, 3.05) is 0 Å². The Morgan fingerprint density at radius 2 is 1.69 bits per heavy atom. The third kappa shape index (κ3) is 3.84. The van der Waals surface area contributed by atoms with Crippen LogP contribution in [-0.2, 0) is 0 Å². The van der Waals surface area contributed by atoms with Crippen molar-refractivity contribution in [3.8, 4) is 0 Å². The lowest BCUT2D eigenvalue weighted by Crippen LogP contribution is -2.14. The number of aliphatic hydroxyl groups excluding tert-OH is 1. The van der Waals surface area contributed by atoms with E-state index in [0.717, 1.165) is 19.3 Å². The molecule has 0 heterocycles. The number of aliphatic hydroxyl groups is 1. The number of hydrogen-bond acceptors (Lipinski definition) is 2. The second-order valence-corrected chi connectivity index (χ2v) is 5.94.